The van der Waals surface area contributed by atoms with Crippen LogP contribution >= 0.6 is 24.0 Å². The first-order valence-electron chi connectivity index (χ1n) is 9.65. The summed E-state index contributed by atoms with van der Waals surface area (Å²) in [5, 5.41) is 11.4. The summed E-state index contributed by atoms with van der Waals surface area (Å²) < 4.78 is 7.13. The number of halogens is 1. The number of carbonyl (C=O) groups is 1. The molecule has 1 aliphatic rings. The first-order chi connectivity index (χ1) is 12.9. The third kappa shape index (κ3) is 6.33. The molecule has 1 unspecified atom stereocenters. The largest absolute Gasteiger partial charge is 0.383 e. The molecule has 9 heteroatoms. The second kappa shape index (κ2) is 11.6. The average Bonchev–Trinajstić information content (AvgIpc) is 3.21. The van der Waals surface area contributed by atoms with Crippen molar-refractivity contribution in [3.63, 3.8) is 0 Å². The Hall–Kier alpha value is -1.36. The zero-order valence-electron chi connectivity index (χ0n) is 17.9. The summed E-state index contributed by atoms with van der Waals surface area (Å²) in [7, 11) is 3.46. The summed E-state index contributed by atoms with van der Waals surface area (Å²) in [5.74, 6) is 1.01. The van der Waals surface area contributed by atoms with Gasteiger partial charge in [0.1, 0.15) is 0 Å². The number of guanidine groups is 1. The van der Waals surface area contributed by atoms with Gasteiger partial charge in [-0.2, -0.15) is 5.10 Å². The molecule has 1 amide bonds. The molecule has 0 saturated carbocycles. The summed E-state index contributed by atoms with van der Waals surface area (Å²) in [6.07, 6.45) is 0.937. The number of carbonyl (C=O) groups excluding carboxylic acids is 1. The molecule has 2 N–H and O–H groups in total. The molecule has 1 aliphatic heterocycles. The van der Waals surface area contributed by atoms with Crippen molar-refractivity contribution in [3.8, 4) is 0 Å². The number of ether oxygens (including phenoxy) is 1. The van der Waals surface area contributed by atoms with Crippen LogP contribution in [0.1, 0.15) is 37.2 Å². The Labute approximate surface area is 185 Å². The van der Waals surface area contributed by atoms with Gasteiger partial charge in [-0.05, 0) is 20.3 Å². The van der Waals surface area contributed by atoms with E-state index < -0.39 is 0 Å². The van der Waals surface area contributed by atoms with Crippen LogP contribution in [0, 0.1) is 19.8 Å². The van der Waals surface area contributed by atoms with Crippen molar-refractivity contribution in [2.45, 2.75) is 53.2 Å². The van der Waals surface area contributed by atoms with Crippen LogP contribution in [0.5, 0.6) is 0 Å². The maximum atomic E-state index is 12.1. The van der Waals surface area contributed by atoms with E-state index in [9.17, 15) is 4.79 Å². The van der Waals surface area contributed by atoms with E-state index in [2.05, 4.69) is 27.6 Å². The molecule has 1 aromatic heterocycles. The summed E-state index contributed by atoms with van der Waals surface area (Å²) in [5.41, 5.74) is 3.33. The number of rotatable bonds is 7. The van der Waals surface area contributed by atoms with Crippen LogP contribution in [0.4, 0.5) is 0 Å². The molecular formula is C19H35IN6O2. The number of likely N-dealkylation sites (tertiary alicyclic amines) is 1. The monoisotopic (exact) mass is 506 g/mol. The van der Waals surface area contributed by atoms with E-state index in [0.29, 0.717) is 13.2 Å². The maximum absolute atomic E-state index is 12.1. The SMILES string of the molecule is CN=C(NCc1c(C)nn(CCOC)c1C)NC1CCN(C(=O)C(C)C)C1.I. The van der Waals surface area contributed by atoms with Gasteiger partial charge in [-0.3, -0.25) is 14.5 Å². The normalized spacial score (nSPS) is 17.0. The molecule has 1 aromatic rings. The van der Waals surface area contributed by atoms with E-state index in [0.717, 1.165) is 43.4 Å². The van der Waals surface area contributed by atoms with Crippen molar-refractivity contribution in [1.29, 1.82) is 0 Å². The predicted molar refractivity (Wildman–Crippen MR) is 122 cm³/mol. The van der Waals surface area contributed by atoms with E-state index in [4.69, 9.17) is 4.74 Å². The lowest BCUT2D eigenvalue weighted by molar-refractivity contribution is -0.133. The van der Waals surface area contributed by atoms with Gasteiger partial charge in [-0.15, -0.1) is 24.0 Å². The van der Waals surface area contributed by atoms with Crippen LogP contribution in [0.2, 0.25) is 0 Å². The van der Waals surface area contributed by atoms with Gasteiger partial charge in [0, 0.05) is 57.0 Å². The molecule has 8 nitrogen and oxygen atoms in total. The molecule has 0 bridgehead atoms. The van der Waals surface area contributed by atoms with E-state index in [1.165, 1.54) is 5.56 Å². The minimum Gasteiger partial charge on any atom is -0.383 e. The Morgan fingerprint density at radius 3 is 2.71 bits per heavy atom. The highest BCUT2D eigenvalue weighted by Crippen LogP contribution is 2.14. The average molecular weight is 506 g/mol. The molecule has 1 saturated heterocycles. The minimum atomic E-state index is 0. The van der Waals surface area contributed by atoms with Gasteiger partial charge >= 0.3 is 0 Å². The van der Waals surface area contributed by atoms with Crippen molar-refractivity contribution in [1.82, 2.24) is 25.3 Å². The van der Waals surface area contributed by atoms with E-state index in [1.54, 1.807) is 14.2 Å². The summed E-state index contributed by atoms with van der Waals surface area (Å²) >= 11 is 0. The molecule has 1 fully saturated rings. The van der Waals surface area contributed by atoms with Gasteiger partial charge in [0.05, 0.1) is 18.8 Å². The first kappa shape index (κ1) is 24.7. The smallest absolute Gasteiger partial charge is 0.225 e. The number of methoxy groups -OCH3 is 1. The van der Waals surface area contributed by atoms with Gasteiger partial charge in [-0.25, -0.2) is 0 Å². The number of hydrogen-bond acceptors (Lipinski definition) is 4. The fraction of sp³-hybridized carbons (Fsp3) is 0.737. The highest BCUT2D eigenvalue weighted by Gasteiger charge is 2.28. The minimum absolute atomic E-state index is 0. The lowest BCUT2D eigenvalue weighted by Gasteiger charge is -2.20. The van der Waals surface area contributed by atoms with Crippen molar-refractivity contribution in [2.24, 2.45) is 10.9 Å². The van der Waals surface area contributed by atoms with Crippen molar-refractivity contribution >= 4 is 35.8 Å². The Morgan fingerprint density at radius 1 is 1.39 bits per heavy atom. The third-order valence-corrected chi connectivity index (χ3v) is 5.03. The third-order valence-electron chi connectivity index (χ3n) is 5.03. The zero-order chi connectivity index (χ0) is 20.0. The summed E-state index contributed by atoms with van der Waals surface area (Å²) in [6.45, 7) is 11.6. The lowest BCUT2D eigenvalue weighted by atomic mass is 10.2. The maximum Gasteiger partial charge on any atom is 0.225 e. The molecular weight excluding hydrogens is 471 g/mol. The van der Waals surface area contributed by atoms with Crippen LogP contribution < -0.4 is 10.6 Å². The van der Waals surface area contributed by atoms with E-state index in [-0.39, 0.29) is 41.8 Å². The number of hydrogen-bond donors (Lipinski definition) is 2. The highest BCUT2D eigenvalue weighted by atomic mass is 127. The van der Waals surface area contributed by atoms with Crippen molar-refractivity contribution in [2.75, 3.05) is 33.9 Å². The number of aryl methyl sites for hydroxylation is 1. The van der Waals surface area contributed by atoms with Crippen LogP contribution in [-0.4, -0.2) is 66.4 Å². The van der Waals surface area contributed by atoms with Crippen molar-refractivity contribution < 1.29 is 9.53 Å². The molecule has 0 radical (unpaired) electrons. The van der Waals surface area contributed by atoms with Crippen LogP contribution in [0.3, 0.4) is 0 Å². The van der Waals surface area contributed by atoms with Gasteiger partial charge in [0.15, 0.2) is 5.96 Å². The van der Waals surface area contributed by atoms with Crippen LogP contribution in [0.25, 0.3) is 0 Å². The number of nitrogens with zero attached hydrogens (tertiary/aromatic N) is 4. The second-order valence-electron chi connectivity index (χ2n) is 7.36. The fourth-order valence-corrected chi connectivity index (χ4v) is 3.39. The van der Waals surface area contributed by atoms with E-state index in [1.807, 2.05) is 30.4 Å². The van der Waals surface area contributed by atoms with Crippen LogP contribution in [0.15, 0.2) is 4.99 Å². The summed E-state index contributed by atoms with van der Waals surface area (Å²) in [6, 6.07) is 0.227. The zero-order valence-corrected chi connectivity index (χ0v) is 20.2. The summed E-state index contributed by atoms with van der Waals surface area (Å²) in [4.78, 5) is 18.4. The number of nitrogens with one attached hydrogen (secondary N) is 2. The number of aromatic nitrogens is 2. The Bertz CT molecular complexity index is 674. The first-order valence-corrected chi connectivity index (χ1v) is 9.65. The molecule has 2 heterocycles. The number of aliphatic imine (C=N–C) groups is 1. The number of amides is 1. The molecule has 28 heavy (non-hydrogen) atoms. The Kier molecular flexibility index (Phi) is 10.2. The predicted octanol–water partition coefficient (Wildman–Crippen LogP) is 1.69. The van der Waals surface area contributed by atoms with E-state index >= 15 is 0 Å². The van der Waals surface area contributed by atoms with Crippen LogP contribution in [-0.2, 0) is 22.6 Å². The van der Waals surface area contributed by atoms with Gasteiger partial charge in [-0.1, -0.05) is 13.8 Å². The lowest BCUT2D eigenvalue weighted by Crippen LogP contribution is -2.45. The quantitative estimate of drug-likeness (QED) is 0.334. The van der Waals surface area contributed by atoms with Crippen molar-refractivity contribution in [3.05, 3.63) is 17.0 Å². The molecule has 0 aromatic carbocycles. The second-order valence-corrected chi connectivity index (χ2v) is 7.36. The highest BCUT2D eigenvalue weighted by molar-refractivity contribution is 14.0. The standard InChI is InChI=1S/C19H34N6O2.HI/c1-13(2)18(26)24-8-7-16(12-24)22-19(20-5)21-11-17-14(3)23-25(15(17)4)9-10-27-6;/h13,16H,7-12H2,1-6H3,(H2,20,21,22);1H. The van der Waals surface area contributed by atoms with Gasteiger partial charge < -0.3 is 20.3 Å². The Morgan fingerprint density at radius 2 is 2.11 bits per heavy atom. The fourth-order valence-electron chi connectivity index (χ4n) is 3.39. The molecule has 2 rings (SSSR count). The molecule has 0 aliphatic carbocycles. The van der Waals surface area contributed by atoms with Gasteiger partial charge in [0.2, 0.25) is 5.91 Å². The topological polar surface area (TPSA) is 83.8 Å². The molecule has 1 atom stereocenters. The molecule has 160 valence electrons. The molecule has 0 spiro atoms. The Balaban J connectivity index is 0.00000392. The van der Waals surface area contributed by atoms with Gasteiger partial charge in [0.25, 0.3) is 0 Å².